The zero-order chi connectivity index (χ0) is 17.5. The molecule has 2 amide bonds. The smallest absolute Gasteiger partial charge is 0.287 e. The van der Waals surface area contributed by atoms with Crippen molar-refractivity contribution in [1.29, 1.82) is 0 Å². The molecule has 2 aromatic rings. The maximum Gasteiger partial charge on any atom is 0.287 e. The molecule has 24 heavy (non-hydrogen) atoms. The van der Waals surface area contributed by atoms with Gasteiger partial charge in [0.05, 0.1) is 6.26 Å². The number of carbonyl (C=O) groups is 2. The number of rotatable bonds is 7. The number of aryl methyl sites for hydroxylation is 2. The minimum absolute atomic E-state index is 0.198. The monoisotopic (exact) mass is 346 g/mol. The first kappa shape index (κ1) is 18.1. The molecule has 1 atom stereocenters. The number of furan rings is 1. The Labute approximate surface area is 146 Å². The van der Waals surface area contributed by atoms with Crippen LogP contribution in [0.25, 0.3) is 0 Å². The molecule has 2 N–H and O–H groups in total. The molecule has 0 aliphatic heterocycles. The van der Waals surface area contributed by atoms with Gasteiger partial charge in [0.1, 0.15) is 6.04 Å². The summed E-state index contributed by atoms with van der Waals surface area (Å²) < 4.78 is 5.08. The third-order valence-corrected chi connectivity index (χ3v) is 4.27. The molecule has 1 heterocycles. The fourth-order valence-corrected chi connectivity index (χ4v) is 2.70. The number of hydrogen-bond acceptors (Lipinski definition) is 4. The van der Waals surface area contributed by atoms with E-state index in [0.717, 1.165) is 22.6 Å². The van der Waals surface area contributed by atoms with E-state index in [-0.39, 0.29) is 17.6 Å². The van der Waals surface area contributed by atoms with Crippen molar-refractivity contribution in [2.75, 3.05) is 17.3 Å². The Bertz CT molecular complexity index is 698. The first-order chi connectivity index (χ1) is 11.5. The predicted octanol–water partition coefficient (Wildman–Crippen LogP) is 3.39. The Morgan fingerprint density at radius 2 is 2.04 bits per heavy atom. The maximum absolute atomic E-state index is 12.6. The Hall–Kier alpha value is -2.21. The second kappa shape index (κ2) is 8.59. The lowest BCUT2D eigenvalue weighted by molar-refractivity contribution is -0.118. The van der Waals surface area contributed by atoms with Crippen LogP contribution in [0.15, 0.2) is 41.0 Å². The number of nitrogens with one attached hydrogen (secondary N) is 2. The first-order valence-electron chi connectivity index (χ1n) is 7.72. The quantitative estimate of drug-likeness (QED) is 0.806. The van der Waals surface area contributed by atoms with Crippen LogP contribution in [0.5, 0.6) is 0 Å². The second-order valence-electron chi connectivity index (χ2n) is 5.59. The van der Waals surface area contributed by atoms with E-state index in [1.54, 1.807) is 23.9 Å². The molecule has 0 aliphatic rings. The molecular formula is C18H22N2O3S. The normalized spacial score (nSPS) is 11.8. The fourth-order valence-electron chi connectivity index (χ4n) is 2.23. The van der Waals surface area contributed by atoms with Crippen LogP contribution in [0.3, 0.4) is 0 Å². The van der Waals surface area contributed by atoms with Gasteiger partial charge >= 0.3 is 0 Å². The molecule has 0 radical (unpaired) electrons. The van der Waals surface area contributed by atoms with Gasteiger partial charge in [0.2, 0.25) is 5.91 Å². The number of anilines is 1. The summed E-state index contributed by atoms with van der Waals surface area (Å²) in [4.78, 5) is 24.8. The number of hydrogen-bond donors (Lipinski definition) is 2. The van der Waals surface area contributed by atoms with Crippen LogP contribution in [0, 0.1) is 13.8 Å². The number of carbonyl (C=O) groups excluding carboxylic acids is 2. The molecule has 1 unspecified atom stereocenters. The predicted molar refractivity (Wildman–Crippen MR) is 97.5 cm³/mol. The molecule has 0 saturated carbocycles. The van der Waals surface area contributed by atoms with Crippen molar-refractivity contribution in [1.82, 2.24) is 5.32 Å². The summed E-state index contributed by atoms with van der Waals surface area (Å²) in [5.41, 5.74) is 2.81. The van der Waals surface area contributed by atoms with E-state index in [1.807, 2.05) is 38.3 Å². The average Bonchev–Trinajstić information content (AvgIpc) is 3.09. The summed E-state index contributed by atoms with van der Waals surface area (Å²) >= 11 is 1.63. The molecule has 5 nitrogen and oxygen atoms in total. The Balaban J connectivity index is 2.09. The van der Waals surface area contributed by atoms with Gasteiger partial charge in [0, 0.05) is 5.69 Å². The largest absolute Gasteiger partial charge is 0.459 e. The molecule has 6 heteroatoms. The van der Waals surface area contributed by atoms with Crippen LogP contribution in [0.1, 0.15) is 28.1 Å². The molecule has 0 aliphatic carbocycles. The molecule has 0 spiro atoms. The molecule has 0 saturated heterocycles. The lowest BCUT2D eigenvalue weighted by atomic mass is 10.1. The molecule has 0 fully saturated rings. The zero-order valence-corrected chi connectivity index (χ0v) is 14.9. The van der Waals surface area contributed by atoms with Gasteiger partial charge in [-0.1, -0.05) is 12.1 Å². The van der Waals surface area contributed by atoms with Gasteiger partial charge < -0.3 is 15.1 Å². The van der Waals surface area contributed by atoms with Crippen LogP contribution in [0.4, 0.5) is 5.69 Å². The lowest BCUT2D eigenvalue weighted by Crippen LogP contribution is -2.44. The first-order valence-corrected chi connectivity index (χ1v) is 9.12. The Morgan fingerprint density at radius 1 is 1.25 bits per heavy atom. The van der Waals surface area contributed by atoms with Gasteiger partial charge in [-0.2, -0.15) is 11.8 Å². The highest BCUT2D eigenvalue weighted by molar-refractivity contribution is 7.98. The van der Waals surface area contributed by atoms with Crippen molar-refractivity contribution in [2.45, 2.75) is 26.3 Å². The maximum atomic E-state index is 12.6. The highest BCUT2D eigenvalue weighted by Gasteiger charge is 2.22. The summed E-state index contributed by atoms with van der Waals surface area (Å²) in [6.07, 6.45) is 3.94. The van der Waals surface area contributed by atoms with Crippen LogP contribution in [-0.4, -0.2) is 29.9 Å². The van der Waals surface area contributed by atoms with Gasteiger partial charge in [0.15, 0.2) is 5.76 Å². The number of amides is 2. The van der Waals surface area contributed by atoms with E-state index in [2.05, 4.69) is 10.6 Å². The van der Waals surface area contributed by atoms with Crippen molar-refractivity contribution in [3.05, 3.63) is 53.5 Å². The van der Waals surface area contributed by atoms with Crippen molar-refractivity contribution in [2.24, 2.45) is 0 Å². The van der Waals surface area contributed by atoms with E-state index in [9.17, 15) is 9.59 Å². The second-order valence-corrected chi connectivity index (χ2v) is 6.58. The van der Waals surface area contributed by atoms with Crippen LogP contribution in [0.2, 0.25) is 0 Å². The van der Waals surface area contributed by atoms with Gasteiger partial charge in [-0.15, -0.1) is 0 Å². The number of benzene rings is 1. The van der Waals surface area contributed by atoms with E-state index in [4.69, 9.17) is 4.42 Å². The summed E-state index contributed by atoms with van der Waals surface area (Å²) in [5.74, 6) is 0.354. The van der Waals surface area contributed by atoms with Crippen molar-refractivity contribution in [3.63, 3.8) is 0 Å². The minimum Gasteiger partial charge on any atom is -0.459 e. The Morgan fingerprint density at radius 3 is 2.71 bits per heavy atom. The molecule has 128 valence electrons. The van der Waals surface area contributed by atoms with E-state index in [1.165, 1.54) is 6.26 Å². The topological polar surface area (TPSA) is 71.3 Å². The van der Waals surface area contributed by atoms with E-state index >= 15 is 0 Å². The standard InChI is InChI=1S/C18H22N2O3S/c1-12-6-7-13(2)15(11-12)20-17(21)14(8-10-24-3)19-18(22)16-5-4-9-23-16/h4-7,9,11,14H,8,10H2,1-3H3,(H,19,22)(H,20,21). The molecule has 0 bridgehead atoms. The van der Waals surface area contributed by atoms with Crippen molar-refractivity contribution >= 4 is 29.3 Å². The number of thioether (sulfide) groups is 1. The highest BCUT2D eigenvalue weighted by atomic mass is 32.2. The third kappa shape index (κ3) is 4.89. The molecule has 2 rings (SSSR count). The molecular weight excluding hydrogens is 324 g/mol. The summed E-state index contributed by atoms with van der Waals surface area (Å²) in [5, 5.41) is 5.67. The van der Waals surface area contributed by atoms with Gasteiger partial charge in [-0.25, -0.2) is 0 Å². The minimum atomic E-state index is -0.616. The average molecular weight is 346 g/mol. The van der Waals surface area contributed by atoms with E-state index < -0.39 is 6.04 Å². The Kier molecular flexibility index (Phi) is 6.49. The van der Waals surface area contributed by atoms with E-state index in [0.29, 0.717) is 6.42 Å². The SMILES string of the molecule is CSCCC(NC(=O)c1ccco1)C(=O)Nc1cc(C)ccc1C. The molecule has 1 aromatic heterocycles. The van der Waals surface area contributed by atoms with Crippen LogP contribution in [-0.2, 0) is 4.79 Å². The van der Waals surface area contributed by atoms with Crippen molar-refractivity contribution in [3.8, 4) is 0 Å². The summed E-state index contributed by atoms with van der Waals surface area (Å²) in [6, 6.07) is 8.48. The lowest BCUT2D eigenvalue weighted by Gasteiger charge is -2.18. The summed E-state index contributed by atoms with van der Waals surface area (Å²) in [6.45, 7) is 3.91. The molecule has 1 aromatic carbocycles. The zero-order valence-electron chi connectivity index (χ0n) is 14.1. The highest BCUT2D eigenvalue weighted by Crippen LogP contribution is 2.17. The van der Waals surface area contributed by atoms with Gasteiger partial charge in [-0.3, -0.25) is 9.59 Å². The van der Waals surface area contributed by atoms with Crippen LogP contribution < -0.4 is 10.6 Å². The fraction of sp³-hybridized carbons (Fsp3) is 0.333. The van der Waals surface area contributed by atoms with Gasteiger partial charge in [0.25, 0.3) is 5.91 Å². The van der Waals surface area contributed by atoms with Crippen LogP contribution >= 0.6 is 11.8 Å². The van der Waals surface area contributed by atoms with Crippen molar-refractivity contribution < 1.29 is 14.0 Å². The summed E-state index contributed by atoms with van der Waals surface area (Å²) in [7, 11) is 0. The van der Waals surface area contributed by atoms with Gasteiger partial charge in [-0.05, 0) is 61.6 Å². The third-order valence-electron chi connectivity index (χ3n) is 3.63.